The van der Waals surface area contributed by atoms with Gasteiger partial charge in [-0.3, -0.25) is 4.79 Å². The molecular weight excluding hydrogens is 306 g/mol. The first-order valence-corrected chi connectivity index (χ1v) is 6.42. The number of carbonyl (C=O) groups excluding carboxylic acids is 2. The Labute approximate surface area is 130 Å². The Morgan fingerprint density at radius 1 is 1.09 bits per heavy atom. The highest BCUT2D eigenvalue weighted by molar-refractivity contribution is 5.95. The van der Waals surface area contributed by atoms with Gasteiger partial charge in [0, 0.05) is 0 Å². The largest absolute Gasteiger partial charge is 0.452 e. The van der Waals surface area contributed by atoms with E-state index in [2.05, 4.69) is 0 Å². The van der Waals surface area contributed by atoms with Crippen molar-refractivity contribution in [1.29, 1.82) is 5.26 Å². The number of anilines is 1. The van der Waals surface area contributed by atoms with E-state index in [9.17, 15) is 18.4 Å². The molecule has 0 aliphatic carbocycles. The van der Waals surface area contributed by atoms with E-state index < -0.39 is 35.8 Å². The molecule has 2 aromatic rings. The van der Waals surface area contributed by atoms with Crippen LogP contribution < -0.4 is 5.32 Å². The number of nitriles is 1. The molecule has 0 aliphatic rings. The molecule has 0 unspecified atom stereocenters. The summed E-state index contributed by atoms with van der Waals surface area (Å²) in [5.41, 5.74) is -0.0879. The van der Waals surface area contributed by atoms with Gasteiger partial charge in [-0.1, -0.05) is 6.07 Å². The van der Waals surface area contributed by atoms with Crippen molar-refractivity contribution in [2.75, 3.05) is 11.9 Å². The summed E-state index contributed by atoms with van der Waals surface area (Å²) in [4.78, 5) is 23.3. The van der Waals surface area contributed by atoms with Gasteiger partial charge in [0.25, 0.3) is 5.91 Å². The molecule has 0 heterocycles. The van der Waals surface area contributed by atoms with Gasteiger partial charge in [0.05, 0.1) is 17.2 Å². The Hall–Kier alpha value is -3.27. The highest BCUT2D eigenvalue weighted by atomic mass is 19.1. The quantitative estimate of drug-likeness (QED) is 0.879. The molecule has 2 rings (SSSR count). The number of esters is 1. The van der Waals surface area contributed by atoms with Crippen LogP contribution in [0.4, 0.5) is 14.5 Å². The lowest BCUT2D eigenvalue weighted by Crippen LogP contribution is -2.22. The number of benzene rings is 2. The van der Waals surface area contributed by atoms with Crippen LogP contribution in [0.3, 0.4) is 0 Å². The van der Waals surface area contributed by atoms with Crippen molar-refractivity contribution in [3.63, 3.8) is 0 Å². The SMILES string of the molecule is N#Cc1ccc(C(=O)OCC(=O)Nc2c(F)cccc2F)cc1. The van der Waals surface area contributed by atoms with Gasteiger partial charge in [0.15, 0.2) is 6.61 Å². The van der Waals surface area contributed by atoms with E-state index in [1.165, 1.54) is 24.3 Å². The lowest BCUT2D eigenvalue weighted by molar-refractivity contribution is -0.119. The first-order valence-electron chi connectivity index (χ1n) is 6.42. The van der Waals surface area contributed by atoms with Crippen molar-refractivity contribution in [1.82, 2.24) is 0 Å². The summed E-state index contributed by atoms with van der Waals surface area (Å²) in [6, 6.07) is 10.6. The zero-order valence-electron chi connectivity index (χ0n) is 11.7. The summed E-state index contributed by atoms with van der Waals surface area (Å²) in [6.07, 6.45) is 0. The molecule has 0 fully saturated rings. The van der Waals surface area contributed by atoms with Gasteiger partial charge in [-0.15, -0.1) is 0 Å². The highest BCUT2D eigenvalue weighted by Gasteiger charge is 2.14. The van der Waals surface area contributed by atoms with E-state index in [-0.39, 0.29) is 5.56 Å². The van der Waals surface area contributed by atoms with Crippen molar-refractivity contribution < 1.29 is 23.1 Å². The molecule has 0 spiro atoms. The van der Waals surface area contributed by atoms with Crippen molar-refractivity contribution >= 4 is 17.6 Å². The number of para-hydroxylation sites is 1. The summed E-state index contributed by atoms with van der Waals surface area (Å²) in [7, 11) is 0. The third-order valence-corrected chi connectivity index (χ3v) is 2.81. The normalized spacial score (nSPS) is 9.78. The van der Waals surface area contributed by atoms with Crippen LogP contribution in [0.25, 0.3) is 0 Å². The minimum absolute atomic E-state index is 0.147. The van der Waals surface area contributed by atoms with Gasteiger partial charge in [-0.05, 0) is 36.4 Å². The van der Waals surface area contributed by atoms with Crippen molar-refractivity contribution in [3.05, 3.63) is 65.2 Å². The third kappa shape index (κ3) is 4.11. The summed E-state index contributed by atoms with van der Waals surface area (Å²) >= 11 is 0. The number of amides is 1. The third-order valence-electron chi connectivity index (χ3n) is 2.81. The molecule has 0 saturated carbocycles. The second kappa shape index (κ2) is 7.13. The molecule has 0 atom stereocenters. The number of nitrogens with one attached hydrogen (secondary N) is 1. The van der Waals surface area contributed by atoms with E-state index >= 15 is 0 Å². The average molecular weight is 316 g/mol. The zero-order chi connectivity index (χ0) is 16.8. The van der Waals surface area contributed by atoms with Crippen LogP contribution in [-0.2, 0) is 9.53 Å². The fourth-order valence-electron chi connectivity index (χ4n) is 1.69. The Balaban J connectivity index is 1.93. The molecule has 1 amide bonds. The molecule has 7 heteroatoms. The summed E-state index contributed by atoms with van der Waals surface area (Å²) in [5.74, 6) is -3.54. The van der Waals surface area contributed by atoms with E-state index in [1.54, 1.807) is 0 Å². The molecule has 1 N–H and O–H groups in total. The second-order valence-corrected chi connectivity index (χ2v) is 4.41. The van der Waals surface area contributed by atoms with Gasteiger partial charge in [-0.25, -0.2) is 13.6 Å². The van der Waals surface area contributed by atoms with Gasteiger partial charge in [-0.2, -0.15) is 5.26 Å². The monoisotopic (exact) mass is 316 g/mol. The minimum Gasteiger partial charge on any atom is -0.452 e. The molecule has 0 radical (unpaired) electrons. The van der Waals surface area contributed by atoms with Crippen LogP contribution in [0.2, 0.25) is 0 Å². The molecule has 0 saturated heterocycles. The Kier molecular flexibility index (Phi) is 5.00. The van der Waals surface area contributed by atoms with Crippen LogP contribution in [0, 0.1) is 23.0 Å². The molecule has 0 aliphatic heterocycles. The number of rotatable bonds is 4. The number of halogens is 2. The van der Waals surface area contributed by atoms with E-state index in [4.69, 9.17) is 10.00 Å². The zero-order valence-corrected chi connectivity index (χ0v) is 11.7. The molecule has 0 bridgehead atoms. The van der Waals surface area contributed by atoms with Crippen LogP contribution in [-0.4, -0.2) is 18.5 Å². The Bertz CT molecular complexity index is 763. The topological polar surface area (TPSA) is 79.2 Å². The van der Waals surface area contributed by atoms with Crippen molar-refractivity contribution in [3.8, 4) is 6.07 Å². The molecular formula is C16H10F2N2O3. The lowest BCUT2D eigenvalue weighted by atomic mass is 10.1. The predicted molar refractivity (Wildman–Crippen MR) is 76.4 cm³/mol. The molecule has 5 nitrogen and oxygen atoms in total. The van der Waals surface area contributed by atoms with E-state index in [1.807, 2.05) is 11.4 Å². The standard InChI is InChI=1S/C16H10F2N2O3/c17-12-2-1-3-13(18)15(12)20-14(21)9-23-16(22)11-6-4-10(8-19)5-7-11/h1-7H,9H2,(H,20,21). The molecule has 0 aromatic heterocycles. The average Bonchev–Trinajstić information content (AvgIpc) is 2.56. The minimum atomic E-state index is -0.934. The maximum Gasteiger partial charge on any atom is 0.338 e. The Morgan fingerprint density at radius 2 is 1.70 bits per heavy atom. The highest BCUT2D eigenvalue weighted by Crippen LogP contribution is 2.17. The maximum atomic E-state index is 13.4. The summed E-state index contributed by atoms with van der Waals surface area (Å²) < 4.78 is 31.5. The number of nitrogens with zero attached hydrogens (tertiary/aromatic N) is 1. The predicted octanol–water partition coefficient (Wildman–Crippen LogP) is 2.63. The van der Waals surface area contributed by atoms with Gasteiger partial charge < -0.3 is 10.1 Å². The first kappa shape index (κ1) is 16.1. The number of carbonyl (C=O) groups is 2. The number of ether oxygens (including phenoxy) is 1. The summed E-state index contributed by atoms with van der Waals surface area (Å²) in [5, 5.41) is 10.6. The van der Waals surface area contributed by atoms with Crippen molar-refractivity contribution in [2.24, 2.45) is 0 Å². The van der Waals surface area contributed by atoms with Crippen LogP contribution in [0.1, 0.15) is 15.9 Å². The van der Waals surface area contributed by atoms with Gasteiger partial charge in [0.1, 0.15) is 17.3 Å². The van der Waals surface area contributed by atoms with E-state index in [0.29, 0.717) is 5.56 Å². The van der Waals surface area contributed by atoms with Crippen molar-refractivity contribution in [2.45, 2.75) is 0 Å². The van der Waals surface area contributed by atoms with Gasteiger partial charge >= 0.3 is 5.97 Å². The number of hydrogen-bond acceptors (Lipinski definition) is 4. The maximum absolute atomic E-state index is 13.4. The molecule has 23 heavy (non-hydrogen) atoms. The second-order valence-electron chi connectivity index (χ2n) is 4.41. The van der Waals surface area contributed by atoms with Gasteiger partial charge in [0.2, 0.25) is 0 Å². The first-order chi connectivity index (χ1) is 11.0. The fourth-order valence-corrected chi connectivity index (χ4v) is 1.69. The summed E-state index contributed by atoms with van der Waals surface area (Å²) in [6.45, 7) is -0.702. The Morgan fingerprint density at radius 3 is 2.26 bits per heavy atom. The number of hydrogen-bond donors (Lipinski definition) is 1. The van der Waals surface area contributed by atoms with Crippen LogP contribution in [0.15, 0.2) is 42.5 Å². The smallest absolute Gasteiger partial charge is 0.338 e. The van der Waals surface area contributed by atoms with E-state index in [0.717, 1.165) is 18.2 Å². The van der Waals surface area contributed by atoms with Crippen LogP contribution >= 0.6 is 0 Å². The molecule has 116 valence electrons. The fraction of sp³-hybridized carbons (Fsp3) is 0.0625. The molecule has 2 aromatic carbocycles. The van der Waals surface area contributed by atoms with Crippen LogP contribution in [0.5, 0.6) is 0 Å². The lowest BCUT2D eigenvalue weighted by Gasteiger charge is -2.08.